The Balaban J connectivity index is 1.14. The average molecular weight is 368 g/mol. The van der Waals surface area contributed by atoms with Crippen LogP contribution in [-0.4, -0.2) is 12.1 Å². The summed E-state index contributed by atoms with van der Waals surface area (Å²) in [6.45, 7) is 0. The molecule has 0 aromatic heterocycles. The Morgan fingerprint density at radius 1 is 0.857 bits per heavy atom. The largest absolute Gasteiger partial charge is 0.458 e. The topological polar surface area (TPSA) is 26.3 Å². The van der Waals surface area contributed by atoms with Crippen molar-refractivity contribution in [1.82, 2.24) is 0 Å². The highest BCUT2D eigenvalue weighted by molar-refractivity contribution is 5.92. The summed E-state index contributed by atoms with van der Waals surface area (Å²) in [6.07, 6.45) is 9.73. The van der Waals surface area contributed by atoms with Gasteiger partial charge in [0.2, 0.25) is 0 Å². The van der Waals surface area contributed by atoms with Gasteiger partial charge in [0.1, 0.15) is 6.10 Å². The number of allylic oxidation sites excluding steroid dienone is 2. The maximum Gasteiger partial charge on any atom is 0.338 e. The van der Waals surface area contributed by atoms with Gasteiger partial charge in [-0.15, -0.1) is 0 Å². The zero-order valence-corrected chi connectivity index (χ0v) is 15.9. The van der Waals surface area contributed by atoms with E-state index in [1.807, 2.05) is 6.07 Å². The highest BCUT2D eigenvalue weighted by atomic mass is 16.5. The monoisotopic (exact) mass is 368 g/mol. The Bertz CT molecular complexity index is 1030. The van der Waals surface area contributed by atoms with Crippen molar-refractivity contribution >= 4 is 5.97 Å². The Morgan fingerprint density at radius 3 is 2.61 bits per heavy atom. The van der Waals surface area contributed by atoms with Gasteiger partial charge in [-0.25, -0.2) is 4.79 Å². The molecule has 2 aromatic rings. The standard InChI is InChI=1S/C26H24O2/c27-26(18-8-5-15-9-14-3-1-2-4-20(14)21(15)11-18)28-23-13-19-12-22(23)25-17-7-6-16(10-17)24(19)25/h1-8,11,16-17,19,22-25H,9-10,12-13H2. The van der Waals surface area contributed by atoms with Crippen LogP contribution in [0.2, 0.25) is 0 Å². The maximum atomic E-state index is 13.0. The van der Waals surface area contributed by atoms with Gasteiger partial charge in [-0.1, -0.05) is 42.5 Å². The van der Waals surface area contributed by atoms with E-state index in [4.69, 9.17) is 4.74 Å². The minimum Gasteiger partial charge on any atom is -0.458 e. The van der Waals surface area contributed by atoms with E-state index in [9.17, 15) is 4.79 Å². The molecular formula is C26H24O2. The fraction of sp³-hybridized carbons (Fsp3) is 0.423. The molecule has 28 heavy (non-hydrogen) atoms. The van der Waals surface area contributed by atoms with Gasteiger partial charge in [0.15, 0.2) is 0 Å². The van der Waals surface area contributed by atoms with E-state index in [2.05, 4.69) is 48.6 Å². The fourth-order valence-corrected chi connectivity index (χ4v) is 7.55. The number of rotatable bonds is 2. The summed E-state index contributed by atoms with van der Waals surface area (Å²) in [4.78, 5) is 13.0. The Morgan fingerprint density at radius 2 is 1.68 bits per heavy atom. The van der Waals surface area contributed by atoms with Crippen molar-refractivity contribution in [2.24, 2.45) is 35.5 Å². The molecule has 0 saturated heterocycles. The van der Waals surface area contributed by atoms with E-state index in [0.29, 0.717) is 11.5 Å². The first kappa shape index (κ1) is 15.6. The molecule has 0 aliphatic heterocycles. The van der Waals surface area contributed by atoms with Gasteiger partial charge in [-0.3, -0.25) is 0 Å². The highest BCUT2D eigenvalue weighted by Crippen LogP contribution is 2.65. The van der Waals surface area contributed by atoms with Gasteiger partial charge in [-0.2, -0.15) is 0 Å². The van der Waals surface area contributed by atoms with Crippen LogP contribution in [0.5, 0.6) is 0 Å². The first-order valence-electron chi connectivity index (χ1n) is 10.9. The summed E-state index contributed by atoms with van der Waals surface area (Å²) in [5, 5.41) is 0. The molecule has 7 unspecified atom stereocenters. The quantitative estimate of drug-likeness (QED) is 0.350. The van der Waals surface area contributed by atoms with E-state index in [0.717, 1.165) is 42.4 Å². The molecule has 7 atom stereocenters. The molecule has 140 valence electrons. The van der Waals surface area contributed by atoms with Crippen LogP contribution >= 0.6 is 0 Å². The molecule has 0 amide bonds. The Labute approximate surface area is 165 Å². The number of benzene rings is 2. The third kappa shape index (κ3) is 1.96. The second-order valence-electron chi connectivity index (χ2n) is 9.65. The minimum absolute atomic E-state index is 0.125. The molecule has 3 saturated carbocycles. The normalized spacial score (nSPS) is 37.8. The van der Waals surface area contributed by atoms with Crippen LogP contribution in [0.25, 0.3) is 11.1 Å². The van der Waals surface area contributed by atoms with Crippen LogP contribution in [0.3, 0.4) is 0 Å². The van der Waals surface area contributed by atoms with Crippen LogP contribution in [0, 0.1) is 35.5 Å². The number of esters is 1. The van der Waals surface area contributed by atoms with E-state index in [1.165, 1.54) is 35.1 Å². The summed E-state index contributed by atoms with van der Waals surface area (Å²) in [6, 6.07) is 14.6. The zero-order valence-electron chi connectivity index (χ0n) is 15.9. The maximum absolute atomic E-state index is 13.0. The Hall–Kier alpha value is -2.35. The lowest BCUT2D eigenvalue weighted by atomic mass is 9.72. The second kappa shape index (κ2) is 5.37. The summed E-state index contributed by atoms with van der Waals surface area (Å²) in [5.74, 6) is 4.47. The van der Waals surface area contributed by atoms with Crippen molar-refractivity contribution < 1.29 is 9.53 Å². The summed E-state index contributed by atoms with van der Waals surface area (Å²) in [7, 11) is 0. The zero-order chi connectivity index (χ0) is 18.4. The molecule has 4 bridgehead atoms. The van der Waals surface area contributed by atoms with Crippen LogP contribution < -0.4 is 0 Å². The fourth-order valence-electron chi connectivity index (χ4n) is 7.55. The van der Waals surface area contributed by atoms with Crippen LogP contribution in [-0.2, 0) is 11.2 Å². The number of carbonyl (C=O) groups excluding carboxylic acids is 1. The molecule has 0 N–H and O–H groups in total. The van der Waals surface area contributed by atoms with Crippen molar-refractivity contribution in [3.63, 3.8) is 0 Å². The number of ether oxygens (including phenoxy) is 1. The molecule has 0 heterocycles. The van der Waals surface area contributed by atoms with Crippen molar-refractivity contribution in [3.8, 4) is 11.1 Å². The number of hydrogen-bond donors (Lipinski definition) is 0. The molecular weight excluding hydrogens is 344 g/mol. The molecule has 0 spiro atoms. The molecule has 5 aliphatic rings. The molecule has 5 aliphatic carbocycles. The molecule has 0 radical (unpaired) electrons. The van der Waals surface area contributed by atoms with Crippen LogP contribution in [0.15, 0.2) is 54.6 Å². The molecule has 2 aromatic carbocycles. The van der Waals surface area contributed by atoms with Crippen molar-refractivity contribution in [2.45, 2.75) is 31.8 Å². The third-order valence-electron chi connectivity index (χ3n) is 8.50. The van der Waals surface area contributed by atoms with Crippen LogP contribution in [0.4, 0.5) is 0 Å². The molecule has 3 fully saturated rings. The van der Waals surface area contributed by atoms with E-state index in [-0.39, 0.29) is 12.1 Å². The van der Waals surface area contributed by atoms with E-state index < -0.39 is 0 Å². The molecule has 2 nitrogen and oxygen atoms in total. The van der Waals surface area contributed by atoms with Gasteiger partial charge in [0.25, 0.3) is 0 Å². The van der Waals surface area contributed by atoms with Gasteiger partial charge in [0, 0.05) is 0 Å². The molecule has 7 rings (SSSR count). The van der Waals surface area contributed by atoms with Gasteiger partial charge in [-0.05, 0) is 95.6 Å². The van der Waals surface area contributed by atoms with Gasteiger partial charge >= 0.3 is 5.97 Å². The van der Waals surface area contributed by atoms with Crippen LogP contribution in [0.1, 0.15) is 40.7 Å². The summed E-state index contributed by atoms with van der Waals surface area (Å²) < 4.78 is 6.13. The first-order valence-corrected chi connectivity index (χ1v) is 10.9. The second-order valence-corrected chi connectivity index (χ2v) is 9.65. The smallest absolute Gasteiger partial charge is 0.338 e. The number of carbonyl (C=O) groups is 1. The summed E-state index contributed by atoms with van der Waals surface area (Å²) in [5.41, 5.74) is 5.85. The van der Waals surface area contributed by atoms with Gasteiger partial charge < -0.3 is 4.74 Å². The number of hydrogen-bond acceptors (Lipinski definition) is 2. The first-order chi connectivity index (χ1) is 13.8. The van der Waals surface area contributed by atoms with Crippen molar-refractivity contribution in [2.75, 3.05) is 0 Å². The lowest BCUT2D eigenvalue weighted by molar-refractivity contribution is -0.00410. The van der Waals surface area contributed by atoms with Crippen molar-refractivity contribution in [1.29, 1.82) is 0 Å². The summed E-state index contributed by atoms with van der Waals surface area (Å²) >= 11 is 0. The van der Waals surface area contributed by atoms with Gasteiger partial charge in [0.05, 0.1) is 5.56 Å². The van der Waals surface area contributed by atoms with E-state index in [1.54, 1.807) is 0 Å². The SMILES string of the molecule is O=C(OC1CC2CC1C1C3C=CC(C3)C21)c1ccc2c(c1)-c1ccccc1C2. The highest BCUT2D eigenvalue weighted by Gasteiger charge is 2.61. The van der Waals surface area contributed by atoms with E-state index >= 15 is 0 Å². The predicted octanol–water partition coefficient (Wildman–Crippen LogP) is 5.26. The third-order valence-corrected chi connectivity index (χ3v) is 8.50. The van der Waals surface area contributed by atoms with Crippen molar-refractivity contribution in [3.05, 3.63) is 71.3 Å². The Kier molecular flexibility index (Phi) is 2.99. The minimum atomic E-state index is -0.125. The lowest BCUT2D eigenvalue weighted by Crippen LogP contribution is -2.36. The lowest BCUT2D eigenvalue weighted by Gasteiger charge is -2.36. The molecule has 2 heteroatoms. The average Bonchev–Trinajstić information content (AvgIpc) is 3.50. The number of fused-ring (bicyclic) bond motifs is 12. The predicted molar refractivity (Wildman–Crippen MR) is 108 cm³/mol.